The van der Waals surface area contributed by atoms with Crippen molar-refractivity contribution in [1.29, 1.82) is 0 Å². The van der Waals surface area contributed by atoms with Crippen molar-refractivity contribution in [1.82, 2.24) is 25.3 Å². The lowest BCUT2D eigenvalue weighted by Crippen LogP contribution is -2.49. The van der Waals surface area contributed by atoms with E-state index in [9.17, 15) is 9.59 Å². The van der Waals surface area contributed by atoms with Crippen molar-refractivity contribution in [3.63, 3.8) is 0 Å². The Morgan fingerprint density at radius 2 is 1.83 bits per heavy atom. The Balaban J connectivity index is 1.48. The lowest BCUT2D eigenvalue weighted by Gasteiger charge is -2.36. The molecular weight excluding hydrogens is 382 g/mol. The summed E-state index contributed by atoms with van der Waals surface area (Å²) in [5, 5.41) is 6.93. The second-order valence-electron chi connectivity index (χ2n) is 7.76. The van der Waals surface area contributed by atoms with Gasteiger partial charge in [0.1, 0.15) is 0 Å². The quantitative estimate of drug-likeness (QED) is 0.715. The van der Waals surface area contributed by atoms with Gasteiger partial charge in [0.05, 0.1) is 6.04 Å². The lowest BCUT2D eigenvalue weighted by atomic mass is 10.1. The molecule has 0 aliphatic carbocycles. The maximum absolute atomic E-state index is 12.4. The Labute approximate surface area is 177 Å². The molecular formula is C22H31N5O3. The van der Waals surface area contributed by atoms with E-state index >= 15 is 0 Å². The maximum atomic E-state index is 12.4. The second-order valence-corrected chi connectivity index (χ2v) is 7.76. The van der Waals surface area contributed by atoms with E-state index in [-0.39, 0.29) is 30.7 Å². The number of carbonyl (C=O) groups is 2. The first-order valence-corrected chi connectivity index (χ1v) is 10.7. The highest BCUT2D eigenvalue weighted by molar-refractivity contribution is 5.83. The minimum absolute atomic E-state index is 0.0197. The third-order valence-electron chi connectivity index (χ3n) is 5.46. The van der Waals surface area contributed by atoms with E-state index in [4.69, 9.17) is 4.52 Å². The van der Waals surface area contributed by atoms with Crippen LogP contribution in [0.1, 0.15) is 50.6 Å². The van der Waals surface area contributed by atoms with Gasteiger partial charge in [-0.3, -0.25) is 14.5 Å². The average Bonchev–Trinajstić information content (AvgIpc) is 3.26. The molecule has 1 saturated heterocycles. The van der Waals surface area contributed by atoms with Gasteiger partial charge >= 0.3 is 0 Å². The molecule has 2 amide bonds. The van der Waals surface area contributed by atoms with Crippen LogP contribution in [-0.4, -0.2) is 64.5 Å². The molecule has 1 aromatic carbocycles. The molecule has 0 spiro atoms. The summed E-state index contributed by atoms with van der Waals surface area (Å²) in [4.78, 5) is 32.7. The number of hydrogen-bond acceptors (Lipinski definition) is 6. The van der Waals surface area contributed by atoms with E-state index in [0.29, 0.717) is 31.3 Å². The molecule has 3 rings (SSSR count). The highest BCUT2D eigenvalue weighted by Crippen LogP contribution is 2.24. The van der Waals surface area contributed by atoms with Crippen molar-refractivity contribution in [2.45, 2.75) is 46.1 Å². The third kappa shape index (κ3) is 5.66. The van der Waals surface area contributed by atoms with Crippen LogP contribution in [0, 0.1) is 6.92 Å². The minimum atomic E-state index is -0.0572. The highest BCUT2D eigenvalue weighted by atomic mass is 16.5. The van der Waals surface area contributed by atoms with Gasteiger partial charge in [0, 0.05) is 51.1 Å². The fourth-order valence-corrected chi connectivity index (χ4v) is 3.47. The van der Waals surface area contributed by atoms with E-state index < -0.39 is 0 Å². The zero-order valence-electron chi connectivity index (χ0n) is 18.1. The standard InChI is InChI=1S/C22H31N5O3/c1-4-11-23-19(28)9-10-20(29)27-14-12-26(13-15-27)17(3)22-24-21(25-30-22)18-7-5-16(2)6-8-18/h5-8,17H,4,9-15H2,1-3H3,(H,23,28). The summed E-state index contributed by atoms with van der Waals surface area (Å²) < 4.78 is 5.51. The molecule has 1 aliphatic rings. The van der Waals surface area contributed by atoms with Crippen molar-refractivity contribution in [3.8, 4) is 11.4 Å². The van der Waals surface area contributed by atoms with E-state index in [2.05, 4.69) is 20.4 Å². The SMILES string of the molecule is CCCNC(=O)CCC(=O)N1CCN(C(C)c2nc(-c3ccc(C)cc3)no2)CC1. The molecule has 162 valence electrons. The van der Waals surface area contributed by atoms with Crippen LogP contribution in [0.3, 0.4) is 0 Å². The van der Waals surface area contributed by atoms with Crippen LogP contribution in [0.5, 0.6) is 0 Å². The van der Waals surface area contributed by atoms with Crippen LogP contribution in [0.15, 0.2) is 28.8 Å². The first-order chi connectivity index (χ1) is 14.5. The Hall–Kier alpha value is -2.74. The molecule has 2 heterocycles. The van der Waals surface area contributed by atoms with Gasteiger partial charge in [0.25, 0.3) is 0 Å². The first-order valence-electron chi connectivity index (χ1n) is 10.7. The molecule has 2 aromatic rings. The van der Waals surface area contributed by atoms with Crippen molar-refractivity contribution >= 4 is 11.8 Å². The molecule has 8 nitrogen and oxygen atoms in total. The number of rotatable bonds is 8. The Morgan fingerprint density at radius 3 is 2.50 bits per heavy atom. The molecule has 1 unspecified atom stereocenters. The molecule has 1 fully saturated rings. The number of aryl methyl sites for hydroxylation is 1. The molecule has 0 radical (unpaired) electrons. The van der Waals surface area contributed by atoms with E-state index in [1.54, 1.807) is 0 Å². The molecule has 0 bridgehead atoms. The van der Waals surface area contributed by atoms with Gasteiger partial charge in [-0.2, -0.15) is 4.98 Å². The summed E-state index contributed by atoms with van der Waals surface area (Å²) in [5.74, 6) is 1.15. The molecule has 1 aliphatic heterocycles. The number of carbonyl (C=O) groups excluding carboxylic acids is 2. The average molecular weight is 414 g/mol. The van der Waals surface area contributed by atoms with Crippen LogP contribution in [0.25, 0.3) is 11.4 Å². The minimum Gasteiger partial charge on any atom is -0.356 e. The zero-order valence-corrected chi connectivity index (χ0v) is 18.1. The number of nitrogens with one attached hydrogen (secondary N) is 1. The highest BCUT2D eigenvalue weighted by Gasteiger charge is 2.27. The summed E-state index contributed by atoms with van der Waals surface area (Å²) in [6, 6.07) is 8.01. The molecule has 8 heteroatoms. The zero-order chi connectivity index (χ0) is 21.5. The predicted octanol–water partition coefficient (Wildman–Crippen LogP) is 2.56. The van der Waals surface area contributed by atoms with Crippen molar-refractivity contribution in [2.24, 2.45) is 0 Å². The Kier molecular flexibility index (Phi) is 7.57. The van der Waals surface area contributed by atoms with Crippen molar-refractivity contribution < 1.29 is 14.1 Å². The van der Waals surface area contributed by atoms with E-state index in [1.807, 2.05) is 49.9 Å². The molecule has 30 heavy (non-hydrogen) atoms. The summed E-state index contributed by atoms with van der Waals surface area (Å²) >= 11 is 0. The molecule has 1 N–H and O–H groups in total. The normalized spacial score (nSPS) is 15.8. The van der Waals surface area contributed by atoms with Gasteiger partial charge in [-0.15, -0.1) is 0 Å². The molecule has 1 aromatic heterocycles. The fraction of sp³-hybridized carbons (Fsp3) is 0.545. The van der Waals surface area contributed by atoms with Crippen LogP contribution >= 0.6 is 0 Å². The van der Waals surface area contributed by atoms with Crippen molar-refractivity contribution in [2.75, 3.05) is 32.7 Å². The number of piperazine rings is 1. The Morgan fingerprint density at radius 1 is 1.13 bits per heavy atom. The van der Waals surface area contributed by atoms with E-state index in [0.717, 1.165) is 25.1 Å². The maximum Gasteiger partial charge on any atom is 0.244 e. The number of benzene rings is 1. The summed E-state index contributed by atoms with van der Waals surface area (Å²) in [5.41, 5.74) is 2.12. The smallest absolute Gasteiger partial charge is 0.244 e. The lowest BCUT2D eigenvalue weighted by molar-refractivity contribution is -0.135. The Bertz CT molecular complexity index is 841. The van der Waals surface area contributed by atoms with Crippen LogP contribution < -0.4 is 5.32 Å². The number of amides is 2. The van der Waals surface area contributed by atoms with Gasteiger partial charge in [-0.25, -0.2) is 0 Å². The molecule has 1 atom stereocenters. The largest absolute Gasteiger partial charge is 0.356 e. The van der Waals surface area contributed by atoms with Crippen molar-refractivity contribution in [3.05, 3.63) is 35.7 Å². The number of aromatic nitrogens is 2. The van der Waals surface area contributed by atoms with Crippen LogP contribution in [0.4, 0.5) is 0 Å². The van der Waals surface area contributed by atoms with Crippen LogP contribution in [-0.2, 0) is 9.59 Å². The molecule has 0 saturated carbocycles. The number of hydrogen-bond donors (Lipinski definition) is 1. The van der Waals surface area contributed by atoms with E-state index in [1.165, 1.54) is 5.56 Å². The van der Waals surface area contributed by atoms with Gasteiger partial charge in [0.15, 0.2) is 0 Å². The second kappa shape index (κ2) is 10.3. The summed E-state index contributed by atoms with van der Waals surface area (Å²) in [6.45, 7) is 9.49. The topological polar surface area (TPSA) is 91.6 Å². The van der Waals surface area contributed by atoms with Crippen LogP contribution in [0.2, 0.25) is 0 Å². The summed E-state index contributed by atoms with van der Waals surface area (Å²) in [7, 11) is 0. The fourth-order valence-electron chi connectivity index (χ4n) is 3.47. The van der Waals surface area contributed by atoms with Gasteiger partial charge in [-0.1, -0.05) is 41.9 Å². The number of nitrogens with zero attached hydrogens (tertiary/aromatic N) is 4. The predicted molar refractivity (Wildman–Crippen MR) is 114 cm³/mol. The van der Waals surface area contributed by atoms with Gasteiger partial charge < -0.3 is 14.7 Å². The monoisotopic (exact) mass is 413 g/mol. The third-order valence-corrected chi connectivity index (χ3v) is 5.46. The van der Waals surface area contributed by atoms with Gasteiger partial charge in [0.2, 0.25) is 23.5 Å². The summed E-state index contributed by atoms with van der Waals surface area (Å²) in [6.07, 6.45) is 1.40. The first kappa shape index (κ1) is 22.0. The van der Waals surface area contributed by atoms with Gasteiger partial charge in [-0.05, 0) is 20.3 Å².